The summed E-state index contributed by atoms with van der Waals surface area (Å²) in [4.78, 5) is 4.19. The van der Waals surface area contributed by atoms with Crippen LogP contribution < -0.4 is 10.1 Å². The molecule has 21 heavy (non-hydrogen) atoms. The summed E-state index contributed by atoms with van der Waals surface area (Å²) in [6, 6.07) is 6.81. The Labute approximate surface area is 121 Å². The van der Waals surface area contributed by atoms with Gasteiger partial charge in [-0.15, -0.1) is 0 Å². The number of aromatic nitrogens is 2. The van der Waals surface area contributed by atoms with Gasteiger partial charge in [0.05, 0.1) is 12.0 Å². The van der Waals surface area contributed by atoms with Crippen molar-refractivity contribution < 1.29 is 13.5 Å². The topological polar surface area (TPSA) is 39.1 Å². The molecule has 0 spiro atoms. The monoisotopic (exact) mass is 293 g/mol. The molecular formula is C15H17F2N3O. The first kappa shape index (κ1) is 14.0. The average molecular weight is 293 g/mol. The molecule has 1 aromatic carbocycles. The van der Waals surface area contributed by atoms with Crippen LogP contribution in [-0.2, 0) is 0 Å². The summed E-state index contributed by atoms with van der Waals surface area (Å²) in [7, 11) is 0. The molecule has 2 heterocycles. The Kier molecular flexibility index (Phi) is 4.15. The van der Waals surface area contributed by atoms with E-state index in [9.17, 15) is 8.78 Å². The molecule has 2 aromatic rings. The molecule has 1 aliphatic rings. The molecule has 0 saturated carbocycles. The smallest absolute Gasteiger partial charge is 0.387 e. The SMILES string of the molecule is FC(F)Oc1ccccc1-n1cncc1C1CCNCC1. The second-order valence-corrected chi connectivity index (χ2v) is 5.06. The van der Waals surface area contributed by atoms with Crippen molar-refractivity contribution in [1.82, 2.24) is 14.9 Å². The zero-order chi connectivity index (χ0) is 14.7. The lowest BCUT2D eigenvalue weighted by Crippen LogP contribution is -2.27. The molecule has 0 bridgehead atoms. The number of nitrogens with one attached hydrogen (secondary N) is 1. The number of nitrogens with zero attached hydrogens (tertiary/aromatic N) is 2. The maximum absolute atomic E-state index is 12.5. The highest BCUT2D eigenvalue weighted by Gasteiger charge is 2.21. The van der Waals surface area contributed by atoms with E-state index < -0.39 is 6.61 Å². The molecule has 0 unspecified atom stereocenters. The van der Waals surface area contributed by atoms with E-state index in [0.717, 1.165) is 31.6 Å². The van der Waals surface area contributed by atoms with Gasteiger partial charge in [0.15, 0.2) is 0 Å². The van der Waals surface area contributed by atoms with Gasteiger partial charge < -0.3 is 10.1 Å². The van der Waals surface area contributed by atoms with Gasteiger partial charge in [0.25, 0.3) is 0 Å². The van der Waals surface area contributed by atoms with Crippen LogP contribution in [0.25, 0.3) is 5.69 Å². The fourth-order valence-electron chi connectivity index (χ4n) is 2.78. The number of hydrogen-bond donors (Lipinski definition) is 1. The van der Waals surface area contributed by atoms with E-state index in [-0.39, 0.29) is 5.75 Å². The van der Waals surface area contributed by atoms with Crippen molar-refractivity contribution in [1.29, 1.82) is 0 Å². The van der Waals surface area contributed by atoms with Crippen LogP contribution in [0.5, 0.6) is 5.75 Å². The molecule has 1 fully saturated rings. The van der Waals surface area contributed by atoms with E-state index in [1.807, 2.05) is 10.8 Å². The third-order valence-corrected chi connectivity index (χ3v) is 3.77. The lowest BCUT2D eigenvalue weighted by Gasteiger charge is -2.24. The van der Waals surface area contributed by atoms with Gasteiger partial charge in [-0.1, -0.05) is 12.1 Å². The molecular weight excluding hydrogens is 276 g/mol. The molecule has 4 nitrogen and oxygen atoms in total. The van der Waals surface area contributed by atoms with Gasteiger partial charge in [0.1, 0.15) is 5.75 Å². The number of hydrogen-bond acceptors (Lipinski definition) is 3. The number of rotatable bonds is 4. The van der Waals surface area contributed by atoms with Crippen LogP contribution >= 0.6 is 0 Å². The number of piperidine rings is 1. The predicted molar refractivity (Wildman–Crippen MR) is 75.0 cm³/mol. The van der Waals surface area contributed by atoms with Gasteiger partial charge in [0.2, 0.25) is 0 Å². The summed E-state index contributed by atoms with van der Waals surface area (Å²) in [5.74, 6) is 0.550. The molecule has 1 aromatic heterocycles. The standard InChI is InChI=1S/C15H17F2N3O/c16-15(17)21-14-4-2-1-3-12(14)20-10-19-9-13(20)11-5-7-18-8-6-11/h1-4,9-11,15,18H,5-8H2. The van der Waals surface area contributed by atoms with Crippen LogP contribution in [0.3, 0.4) is 0 Å². The third-order valence-electron chi connectivity index (χ3n) is 3.77. The minimum absolute atomic E-state index is 0.167. The normalized spacial score (nSPS) is 16.3. The van der Waals surface area contributed by atoms with Crippen LogP contribution in [0.1, 0.15) is 24.5 Å². The largest absolute Gasteiger partial charge is 0.433 e. The number of halogens is 2. The number of para-hydroxylation sites is 2. The van der Waals surface area contributed by atoms with Crippen LogP contribution in [0.15, 0.2) is 36.8 Å². The highest BCUT2D eigenvalue weighted by molar-refractivity contribution is 5.48. The van der Waals surface area contributed by atoms with Crippen molar-refractivity contribution in [2.75, 3.05) is 13.1 Å². The molecule has 0 aliphatic carbocycles. The fraction of sp³-hybridized carbons (Fsp3) is 0.400. The van der Waals surface area contributed by atoms with Gasteiger partial charge in [-0.3, -0.25) is 4.57 Å². The summed E-state index contributed by atoms with van der Waals surface area (Å²) in [5, 5.41) is 3.32. The van der Waals surface area contributed by atoms with Crippen LogP contribution in [0.2, 0.25) is 0 Å². The Morgan fingerprint density at radius 2 is 2.00 bits per heavy atom. The summed E-state index contributed by atoms with van der Waals surface area (Å²) in [6.07, 6.45) is 5.51. The fourth-order valence-corrected chi connectivity index (χ4v) is 2.78. The minimum Gasteiger partial charge on any atom is -0.433 e. The van der Waals surface area contributed by atoms with Crippen molar-refractivity contribution in [2.24, 2.45) is 0 Å². The van der Waals surface area contributed by atoms with Gasteiger partial charge >= 0.3 is 6.61 Å². The molecule has 3 rings (SSSR count). The highest BCUT2D eigenvalue weighted by atomic mass is 19.3. The Balaban J connectivity index is 1.96. The second-order valence-electron chi connectivity index (χ2n) is 5.06. The first-order valence-electron chi connectivity index (χ1n) is 7.03. The maximum atomic E-state index is 12.5. The summed E-state index contributed by atoms with van der Waals surface area (Å²) in [6.45, 7) is -0.909. The van der Waals surface area contributed by atoms with E-state index in [1.54, 1.807) is 30.6 Å². The van der Waals surface area contributed by atoms with Gasteiger partial charge in [-0.25, -0.2) is 4.98 Å². The molecule has 6 heteroatoms. The first-order valence-corrected chi connectivity index (χ1v) is 7.03. The Hall–Kier alpha value is -1.95. The van der Waals surface area contributed by atoms with Gasteiger partial charge in [-0.05, 0) is 38.1 Å². The van der Waals surface area contributed by atoms with E-state index in [2.05, 4.69) is 15.0 Å². The molecule has 112 valence electrons. The van der Waals surface area contributed by atoms with Crippen LogP contribution in [-0.4, -0.2) is 29.3 Å². The average Bonchev–Trinajstić information content (AvgIpc) is 2.97. The zero-order valence-electron chi connectivity index (χ0n) is 11.5. The number of imidazole rings is 1. The second kappa shape index (κ2) is 6.22. The Morgan fingerprint density at radius 3 is 2.76 bits per heavy atom. The molecule has 1 saturated heterocycles. The Morgan fingerprint density at radius 1 is 1.24 bits per heavy atom. The van der Waals surface area contributed by atoms with Crippen molar-refractivity contribution in [2.45, 2.75) is 25.4 Å². The van der Waals surface area contributed by atoms with Crippen molar-refractivity contribution >= 4 is 0 Å². The Bertz CT molecular complexity index is 594. The predicted octanol–water partition coefficient (Wildman–Crippen LogP) is 2.94. The van der Waals surface area contributed by atoms with Crippen LogP contribution in [0, 0.1) is 0 Å². The van der Waals surface area contributed by atoms with Gasteiger partial charge in [0, 0.05) is 17.8 Å². The molecule has 1 N–H and O–H groups in total. The molecule has 0 radical (unpaired) electrons. The van der Waals surface area contributed by atoms with Crippen molar-refractivity contribution in [3.8, 4) is 11.4 Å². The molecule has 1 aliphatic heterocycles. The summed E-state index contributed by atoms with van der Waals surface area (Å²) >= 11 is 0. The third kappa shape index (κ3) is 3.05. The van der Waals surface area contributed by atoms with E-state index >= 15 is 0 Å². The van der Waals surface area contributed by atoms with E-state index in [1.165, 1.54) is 0 Å². The highest BCUT2D eigenvalue weighted by Crippen LogP contribution is 2.31. The summed E-state index contributed by atoms with van der Waals surface area (Å²) < 4.78 is 31.6. The summed E-state index contributed by atoms with van der Waals surface area (Å²) in [5.41, 5.74) is 1.64. The number of ether oxygens (including phenoxy) is 1. The van der Waals surface area contributed by atoms with Gasteiger partial charge in [-0.2, -0.15) is 8.78 Å². The number of benzene rings is 1. The van der Waals surface area contributed by atoms with Crippen molar-refractivity contribution in [3.63, 3.8) is 0 Å². The van der Waals surface area contributed by atoms with Crippen molar-refractivity contribution in [3.05, 3.63) is 42.5 Å². The molecule has 0 atom stereocenters. The molecule has 0 amide bonds. The lowest BCUT2D eigenvalue weighted by atomic mass is 9.95. The zero-order valence-corrected chi connectivity index (χ0v) is 11.5. The van der Waals surface area contributed by atoms with Crippen LogP contribution in [0.4, 0.5) is 8.78 Å². The maximum Gasteiger partial charge on any atom is 0.387 e. The minimum atomic E-state index is -2.84. The lowest BCUT2D eigenvalue weighted by molar-refractivity contribution is -0.0498. The van der Waals surface area contributed by atoms with E-state index in [0.29, 0.717) is 11.6 Å². The van der Waals surface area contributed by atoms with E-state index in [4.69, 9.17) is 0 Å². The quantitative estimate of drug-likeness (QED) is 0.942. The first-order chi connectivity index (χ1) is 10.3. The number of alkyl halides is 2.